The summed E-state index contributed by atoms with van der Waals surface area (Å²) in [4.78, 5) is 1.26. The normalized spacial score (nSPS) is 12.7. The predicted molar refractivity (Wildman–Crippen MR) is 83.7 cm³/mol. The summed E-state index contributed by atoms with van der Waals surface area (Å²) in [6.07, 6.45) is 0. The molecule has 1 heterocycles. The molecule has 96 valence electrons. The third-order valence-electron chi connectivity index (χ3n) is 2.75. The van der Waals surface area contributed by atoms with Crippen molar-refractivity contribution >= 4 is 38.9 Å². The topological polar surface area (TPSA) is 12.0 Å². The first-order valence-electron chi connectivity index (χ1n) is 5.86. The van der Waals surface area contributed by atoms with Gasteiger partial charge in [-0.15, -0.1) is 11.3 Å². The molecule has 0 amide bonds. The summed E-state index contributed by atoms with van der Waals surface area (Å²) in [5, 5.41) is 3.51. The average molecular weight is 345 g/mol. The Morgan fingerprint density at radius 1 is 1.39 bits per heavy atom. The van der Waals surface area contributed by atoms with Gasteiger partial charge in [-0.3, -0.25) is 0 Å². The third-order valence-corrected chi connectivity index (χ3v) is 4.86. The Hall–Kier alpha value is -0.350. The Labute approximate surface area is 125 Å². The van der Waals surface area contributed by atoms with E-state index in [4.69, 9.17) is 11.6 Å². The minimum absolute atomic E-state index is 0.212. The maximum absolute atomic E-state index is 6.17. The number of hydrogen-bond donors (Lipinski definition) is 1. The molecular weight excluding hydrogens is 330 g/mol. The van der Waals surface area contributed by atoms with Crippen LogP contribution in [-0.2, 0) is 0 Å². The first-order valence-corrected chi connectivity index (χ1v) is 7.85. The number of nitrogens with one attached hydrogen (secondary N) is 1. The first-order chi connectivity index (χ1) is 8.61. The quantitative estimate of drug-likeness (QED) is 0.806. The fourth-order valence-corrected chi connectivity index (χ4v) is 3.64. The van der Waals surface area contributed by atoms with Crippen molar-refractivity contribution in [2.75, 3.05) is 6.54 Å². The standard InChI is InChI=1S/C14H15BrClNS/c1-3-17-13(10-5-4-6-11(15)8-10)12-7-9(2)14(16)18-12/h4-8,13,17H,3H2,1-2H3. The van der Waals surface area contributed by atoms with Crippen molar-refractivity contribution in [2.45, 2.75) is 19.9 Å². The number of benzene rings is 1. The van der Waals surface area contributed by atoms with Crippen LogP contribution in [0.15, 0.2) is 34.8 Å². The highest BCUT2D eigenvalue weighted by molar-refractivity contribution is 9.10. The van der Waals surface area contributed by atoms with Gasteiger partial charge in [-0.2, -0.15) is 0 Å². The van der Waals surface area contributed by atoms with Crippen molar-refractivity contribution in [2.24, 2.45) is 0 Å². The molecule has 0 aliphatic carbocycles. The molecule has 0 aliphatic heterocycles. The zero-order valence-corrected chi connectivity index (χ0v) is 13.5. The van der Waals surface area contributed by atoms with Gasteiger partial charge in [0.1, 0.15) is 0 Å². The van der Waals surface area contributed by atoms with Crippen LogP contribution in [0.1, 0.15) is 29.0 Å². The Morgan fingerprint density at radius 2 is 2.17 bits per heavy atom. The van der Waals surface area contributed by atoms with Crippen LogP contribution in [0.3, 0.4) is 0 Å². The van der Waals surface area contributed by atoms with E-state index in [2.05, 4.69) is 52.4 Å². The van der Waals surface area contributed by atoms with Gasteiger partial charge in [-0.1, -0.05) is 46.6 Å². The number of rotatable bonds is 4. The minimum atomic E-state index is 0.212. The van der Waals surface area contributed by atoms with E-state index in [9.17, 15) is 0 Å². The molecule has 18 heavy (non-hydrogen) atoms. The molecular formula is C14H15BrClNS. The molecule has 0 spiro atoms. The zero-order chi connectivity index (χ0) is 13.1. The van der Waals surface area contributed by atoms with Gasteiger partial charge in [0.25, 0.3) is 0 Å². The number of thiophene rings is 1. The fourth-order valence-electron chi connectivity index (χ4n) is 1.90. The van der Waals surface area contributed by atoms with Gasteiger partial charge in [-0.05, 0) is 42.8 Å². The highest BCUT2D eigenvalue weighted by Gasteiger charge is 2.16. The summed E-state index contributed by atoms with van der Waals surface area (Å²) in [6.45, 7) is 5.09. The van der Waals surface area contributed by atoms with Crippen LogP contribution in [0.25, 0.3) is 0 Å². The Bertz CT molecular complexity index is 519. The Balaban J connectivity index is 2.39. The molecule has 1 aromatic carbocycles. The van der Waals surface area contributed by atoms with Crippen LogP contribution in [0.5, 0.6) is 0 Å². The van der Waals surface area contributed by atoms with Crippen LogP contribution in [0.2, 0.25) is 4.34 Å². The summed E-state index contributed by atoms with van der Waals surface area (Å²) < 4.78 is 1.98. The van der Waals surface area contributed by atoms with Gasteiger partial charge in [0.2, 0.25) is 0 Å². The molecule has 0 fully saturated rings. The Morgan fingerprint density at radius 3 is 2.72 bits per heavy atom. The van der Waals surface area contributed by atoms with Crippen LogP contribution < -0.4 is 5.32 Å². The van der Waals surface area contributed by atoms with Crippen molar-refractivity contribution in [3.05, 3.63) is 55.1 Å². The summed E-state index contributed by atoms with van der Waals surface area (Å²) in [5.41, 5.74) is 2.40. The molecule has 2 rings (SSSR count). The Kier molecular flexibility index (Phi) is 4.84. The molecule has 0 aliphatic rings. The van der Waals surface area contributed by atoms with Gasteiger partial charge < -0.3 is 5.32 Å². The molecule has 1 N–H and O–H groups in total. The van der Waals surface area contributed by atoms with Crippen LogP contribution in [-0.4, -0.2) is 6.54 Å². The van der Waals surface area contributed by atoms with Gasteiger partial charge in [0, 0.05) is 9.35 Å². The van der Waals surface area contributed by atoms with E-state index in [1.807, 2.05) is 13.0 Å². The smallest absolute Gasteiger partial charge is 0.0961 e. The minimum Gasteiger partial charge on any atom is -0.306 e. The number of hydrogen-bond acceptors (Lipinski definition) is 2. The van der Waals surface area contributed by atoms with Crippen molar-refractivity contribution in [3.63, 3.8) is 0 Å². The second kappa shape index (κ2) is 6.20. The first kappa shape index (κ1) is 14.1. The van der Waals surface area contributed by atoms with E-state index in [1.54, 1.807) is 11.3 Å². The average Bonchev–Trinajstić information content (AvgIpc) is 2.66. The van der Waals surface area contributed by atoms with E-state index in [0.29, 0.717) is 0 Å². The second-order valence-corrected chi connectivity index (χ2v) is 6.75. The SMILES string of the molecule is CCNC(c1cccc(Br)c1)c1cc(C)c(Cl)s1. The highest BCUT2D eigenvalue weighted by Crippen LogP contribution is 2.34. The summed E-state index contributed by atoms with van der Waals surface area (Å²) in [7, 11) is 0. The molecule has 0 saturated heterocycles. The lowest BCUT2D eigenvalue weighted by Gasteiger charge is -2.17. The monoisotopic (exact) mass is 343 g/mol. The molecule has 1 atom stereocenters. The van der Waals surface area contributed by atoms with Crippen molar-refractivity contribution < 1.29 is 0 Å². The summed E-state index contributed by atoms with van der Waals surface area (Å²) >= 11 is 11.3. The lowest BCUT2D eigenvalue weighted by atomic mass is 10.1. The molecule has 1 nitrogen and oxygen atoms in total. The van der Waals surface area contributed by atoms with Crippen molar-refractivity contribution in [1.82, 2.24) is 5.32 Å². The molecule has 0 saturated carbocycles. The maximum Gasteiger partial charge on any atom is 0.0961 e. The summed E-state index contributed by atoms with van der Waals surface area (Å²) in [5.74, 6) is 0. The van der Waals surface area contributed by atoms with Crippen LogP contribution >= 0.6 is 38.9 Å². The predicted octanol–water partition coefficient (Wildman–Crippen LogP) is 5.17. The van der Waals surface area contributed by atoms with Gasteiger partial charge in [0.15, 0.2) is 0 Å². The lowest BCUT2D eigenvalue weighted by molar-refractivity contribution is 0.639. The van der Waals surface area contributed by atoms with Gasteiger partial charge >= 0.3 is 0 Å². The van der Waals surface area contributed by atoms with Crippen LogP contribution in [0, 0.1) is 6.92 Å². The molecule has 1 unspecified atom stereocenters. The molecule has 2 aromatic rings. The summed E-state index contributed by atoms with van der Waals surface area (Å²) in [6, 6.07) is 10.8. The zero-order valence-electron chi connectivity index (χ0n) is 10.3. The molecule has 0 bridgehead atoms. The highest BCUT2D eigenvalue weighted by atomic mass is 79.9. The van der Waals surface area contributed by atoms with Crippen LogP contribution in [0.4, 0.5) is 0 Å². The van der Waals surface area contributed by atoms with Crippen molar-refractivity contribution in [1.29, 1.82) is 0 Å². The fraction of sp³-hybridized carbons (Fsp3) is 0.286. The van der Waals surface area contributed by atoms with E-state index in [0.717, 1.165) is 20.9 Å². The molecule has 4 heteroatoms. The third kappa shape index (κ3) is 3.15. The van der Waals surface area contributed by atoms with Gasteiger partial charge in [-0.25, -0.2) is 0 Å². The lowest BCUT2D eigenvalue weighted by Crippen LogP contribution is -2.21. The van der Waals surface area contributed by atoms with Gasteiger partial charge in [0.05, 0.1) is 10.4 Å². The number of aryl methyl sites for hydroxylation is 1. The second-order valence-electron chi connectivity index (χ2n) is 4.15. The molecule has 1 aromatic heterocycles. The number of halogens is 2. The van der Waals surface area contributed by atoms with Crippen molar-refractivity contribution in [3.8, 4) is 0 Å². The maximum atomic E-state index is 6.17. The van der Waals surface area contributed by atoms with E-state index < -0.39 is 0 Å². The van der Waals surface area contributed by atoms with E-state index in [-0.39, 0.29) is 6.04 Å². The van der Waals surface area contributed by atoms with E-state index in [1.165, 1.54) is 10.4 Å². The molecule has 0 radical (unpaired) electrons. The van der Waals surface area contributed by atoms with E-state index >= 15 is 0 Å². The largest absolute Gasteiger partial charge is 0.306 e.